The number of nitrogens with one attached hydrogen (secondary N) is 1. The van der Waals surface area contributed by atoms with Crippen LogP contribution < -0.4 is 14.8 Å². The summed E-state index contributed by atoms with van der Waals surface area (Å²) in [7, 11) is 1.90. The van der Waals surface area contributed by atoms with Crippen molar-refractivity contribution in [2.75, 3.05) is 20.2 Å². The molecule has 0 amide bonds. The zero-order valence-corrected chi connectivity index (χ0v) is 10.2. The Bertz CT molecular complexity index is 305. The lowest BCUT2D eigenvalue weighted by molar-refractivity contribution is 0.195. The topological polar surface area (TPSA) is 43.4 Å². The van der Waals surface area contributed by atoms with Crippen LogP contribution in [-0.4, -0.2) is 31.3 Å². The first-order valence-electron chi connectivity index (χ1n) is 5.67. The van der Waals surface area contributed by atoms with Gasteiger partial charge in [-0.1, -0.05) is 6.92 Å². The van der Waals surface area contributed by atoms with Gasteiger partial charge in [-0.3, -0.25) is 0 Å². The minimum absolute atomic E-state index is 0.0730. The normalized spacial score (nSPS) is 12.2. The van der Waals surface area contributed by atoms with Crippen molar-refractivity contribution in [3.8, 4) is 11.6 Å². The summed E-state index contributed by atoms with van der Waals surface area (Å²) in [6, 6.07) is 3.73. The average molecular weight is 224 g/mol. The number of rotatable bonds is 7. The van der Waals surface area contributed by atoms with Gasteiger partial charge in [-0.2, -0.15) is 0 Å². The van der Waals surface area contributed by atoms with Gasteiger partial charge in [0.1, 0.15) is 6.10 Å². The Morgan fingerprint density at radius 2 is 2.31 bits per heavy atom. The summed E-state index contributed by atoms with van der Waals surface area (Å²) in [5.41, 5.74) is 0. The van der Waals surface area contributed by atoms with Gasteiger partial charge in [0, 0.05) is 12.7 Å². The van der Waals surface area contributed by atoms with Gasteiger partial charge in [-0.05, 0) is 32.5 Å². The molecular weight excluding hydrogens is 204 g/mol. The van der Waals surface area contributed by atoms with Crippen LogP contribution in [0.25, 0.3) is 0 Å². The van der Waals surface area contributed by atoms with Crippen molar-refractivity contribution in [2.24, 2.45) is 0 Å². The first-order chi connectivity index (χ1) is 7.77. The van der Waals surface area contributed by atoms with Crippen LogP contribution in [-0.2, 0) is 0 Å². The van der Waals surface area contributed by atoms with E-state index in [0.717, 1.165) is 13.0 Å². The van der Waals surface area contributed by atoms with E-state index in [4.69, 9.17) is 9.47 Å². The maximum absolute atomic E-state index is 5.68. The Morgan fingerprint density at radius 1 is 1.50 bits per heavy atom. The van der Waals surface area contributed by atoms with Crippen LogP contribution in [0.5, 0.6) is 11.6 Å². The van der Waals surface area contributed by atoms with E-state index in [1.165, 1.54) is 0 Å². The Hall–Kier alpha value is -1.29. The molecule has 1 heterocycles. The maximum Gasteiger partial charge on any atom is 0.257 e. The van der Waals surface area contributed by atoms with E-state index >= 15 is 0 Å². The molecule has 90 valence electrons. The molecule has 0 spiro atoms. The summed E-state index contributed by atoms with van der Waals surface area (Å²) in [5, 5.41) is 3.06. The molecule has 0 aliphatic rings. The third-order valence-electron chi connectivity index (χ3n) is 2.00. The second-order valence-electron chi connectivity index (χ2n) is 3.64. The van der Waals surface area contributed by atoms with Crippen LogP contribution in [0.15, 0.2) is 18.3 Å². The van der Waals surface area contributed by atoms with Gasteiger partial charge >= 0.3 is 0 Å². The molecule has 0 aromatic carbocycles. The molecule has 1 N–H and O–H groups in total. The molecule has 4 heteroatoms. The zero-order valence-electron chi connectivity index (χ0n) is 10.2. The minimum Gasteiger partial charge on any atom is -0.488 e. The fraction of sp³-hybridized carbons (Fsp3) is 0.583. The predicted molar refractivity (Wildman–Crippen MR) is 64.0 cm³/mol. The van der Waals surface area contributed by atoms with E-state index in [9.17, 15) is 0 Å². The second kappa shape index (κ2) is 7.06. The molecule has 1 aromatic rings. The van der Waals surface area contributed by atoms with Gasteiger partial charge in [0.05, 0.1) is 6.61 Å². The van der Waals surface area contributed by atoms with E-state index < -0.39 is 0 Å². The van der Waals surface area contributed by atoms with Crippen LogP contribution in [0.3, 0.4) is 0 Å². The van der Waals surface area contributed by atoms with Crippen molar-refractivity contribution in [3.05, 3.63) is 18.3 Å². The van der Waals surface area contributed by atoms with Crippen molar-refractivity contribution >= 4 is 0 Å². The minimum atomic E-state index is 0.0730. The number of ether oxygens (including phenoxy) is 2. The highest BCUT2D eigenvalue weighted by Crippen LogP contribution is 2.24. The molecule has 1 atom stereocenters. The average Bonchev–Trinajstić information content (AvgIpc) is 2.28. The Balaban J connectivity index is 2.62. The highest BCUT2D eigenvalue weighted by molar-refractivity contribution is 5.32. The standard InChI is InChI=1S/C12H20N2O2/c1-4-8-15-11-6-5-7-14-12(11)16-10(2)9-13-3/h5-7,10,13H,4,8-9H2,1-3H3. The smallest absolute Gasteiger partial charge is 0.257 e. The van der Waals surface area contributed by atoms with E-state index in [1.54, 1.807) is 6.20 Å². The zero-order chi connectivity index (χ0) is 11.8. The van der Waals surface area contributed by atoms with Crippen LogP contribution in [0.1, 0.15) is 20.3 Å². The molecule has 0 bridgehead atoms. The molecule has 0 fully saturated rings. The lowest BCUT2D eigenvalue weighted by Gasteiger charge is -2.15. The predicted octanol–water partition coefficient (Wildman–Crippen LogP) is 1.86. The van der Waals surface area contributed by atoms with Crippen molar-refractivity contribution in [1.82, 2.24) is 10.3 Å². The Kier molecular flexibility index (Phi) is 5.64. The summed E-state index contributed by atoms with van der Waals surface area (Å²) in [5.74, 6) is 1.28. The monoisotopic (exact) mass is 224 g/mol. The highest BCUT2D eigenvalue weighted by Gasteiger charge is 2.09. The maximum atomic E-state index is 5.68. The number of likely N-dealkylation sites (N-methyl/N-ethyl adjacent to an activating group) is 1. The number of hydrogen-bond acceptors (Lipinski definition) is 4. The van der Waals surface area contributed by atoms with E-state index in [1.807, 2.05) is 26.1 Å². The fourth-order valence-electron chi connectivity index (χ4n) is 1.31. The van der Waals surface area contributed by atoms with E-state index in [0.29, 0.717) is 18.2 Å². The van der Waals surface area contributed by atoms with Crippen LogP contribution in [0.2, 0.25) is 0 Å². The summed E-state index contributed by atoms with van der Waals surface area (Å²) < 4.78 is 11.2. The first-order valence-corrected chi connectivity index (χ1v) is 5.67. The molecule has 0 aliphatic carbocycles. The Morgan fingerprint density at radius 3 is 3.00 bits per heavy atom. The lowest BCUT2D eigenvalue weighted by atomic mass is 10.4. The number of hydrogen-bond donors (Lipinski definition) is 1. The highest BCUT2D eigenvalue weighted by atomic mass is 16.5. The largest absolute Gasteiger partial charge is 0.488 e. The van der Waals surface area contributed by atoms with Crippen LogP contribution in [0, 0.1) is 0 Å². The van der Waals surface area contributed by atoms with E-state index in [2.05, 4.69) is 17.2 Å². The van der Waals surface area contributed by atoms with Gasteiger partial charge in [0.15, 0.2) is 5.75 Å². The molecule has 0 saturated carbocycles. The fourth-order valence-corrected chi connectivity index (χ4v) is 1.31. The van der Waals surface area contributed by atoms with Crippen molar-refractivity contribution < 1.29 is 9.47 Å². The number of aromatic nitrogens is 1. The summed E-state index contributed by atoms with van der Waals surface area (Å²) >= 11 is 0. The van der Waals surface area contributed by atoms with Gasteiger partial charge in [0.25, 0.3) is 5.88 Å². The van der Waals surface area contributed by atoms with Crippen molar-refractivity contribution in [2.45, 2.75) is 26.4 Å². The molecular formula is C12H20N2O2. The third kappa shape index (κ3) is 4.06. The molecule has 16 heavy (non-hydrogen) atoms. The number of pyridine rings is 1. The molecule has 1 aromatic heterocycles. The SMILES string of the molecule is CCCOc1cccnc1OC(C)CNC. The molecule has 1 rings (SSSR count). The summed E-state index contributed by atoms with van der Waals surface area (Å²) in [4.78, 5) is 4.18. The van der Waals surface area contributed by atoms with Crippen LogP contribution >= 0.6 is 0 Å². The van der Waals surface area contributed by atoms with Gasteiger partial charge in [-0.15, -0.1) is 0 Å². The number of nitrogens with zero attached hydrogens (tertiary/aromatic N) is 1. The molecule has 0 aliphatic heterocycles. The summed E-state index contributed by atoms with van der Waals surface area (Å²) in [6.07, 6.45) is 2.75. The Labute approximate surface area is 97.0 Å². The van der Waals surface area contributed by atoms with Crippen molar-refractivity contribution in [3.63, 3.8) is 0 Å². The van der Waals surface area contributed by atoms with Gasteiger partial charge in [-0.25, -0.2) is 4.98 Å². The van der Waals surface area contributed by atoms with E-state index in [-0.39, 0.29) is 6.10 Å². The third-order valence-corrected chi connectivity index (χ3v) is 2.00. The van der Waals surface area contributed by atoms with Gasteiger partial charge < -0.3 is 14.8 Å². The lowest BCUT2D eigenvalue weighted by Crippen LogP contribution is -2.26. The van der Waals surface area contributed by atoms with Crippen LogP contribution in [0.4, 0.5) is 0 Å². The van der Waals surface area contributed by atoms with Crippen molar-refractivity contribution in [1.29, 1.82) is 0 Å². The molecule has 0 radical (unpaired) electrons. The second-order valence-corrected chi connectivity index (χ2v) is 3.64. The molecule has 1 unspecified atom stereocenters. The quantitative estimate of drug-likeness (QED) is 0.767. The molecule has 0 saturated heterocycles. The summed E-state index contributed by atoms with van der Waals surface area (Å²) in [6.45, 7) is 5.53. The van der Waals surface area contributed by atoms with Gasteiger partial charge in [0.2, 0.25) is 0 Å². The molecule has 4 nitrogen and oxygen atoms in total. The first kappa shape index (κ1) is 12.8.